The van der Waals surface area contributed by atoms with Crippen molar-refractivity contribution in [2.24, 2.45) is 5.73 Å². The molecule has 2 amide bonds. The maximum atomic E-state index is 12.7. The molecule has 1 saturated heterocycles. The minimum absolute atomic E-state index is 0.0776. The molecule has 0 bridgehead atoms. The average molecular weight is 290 g/mol. The average Bonchev–Trinajstić information content (AvgIpc) is 2.47. The number of aliphatic hydroxyl groups excluding tert-OH is 1. The van der Waals surface area contributed by atoms with Gasteiger partial charge in [0.2, 0.25) is 5.91 Å². The maximum absolute atomic E-state index is 12.7. The fourth-order valence-electron chi connectivity index (χ4n) is 2.93. The number of amides is 2. The van der Waals surface area contributed by atoms with Gasteiger partial charge in [0.05, 0.1) is 0 Å². The number of aryl methyl sites for hydroxylation is 1. The lowest BCUT2D eigenvalue weighted by molar-refractivity contribution is 0.0574. The summed E-state index contributed by atoms with van der Waals surface area (Å²) >= 11 is 0. The van der Waals surface area contributed by atoms with E-state index in [2.05, 4.69) is 0 Å². The number of benzene rings is 1. The first-order valence-electron chi connectivity index (χ1n) is 7.36. The van der Waals surface area contributed by atoms with Crippen LogP contribution in [0.25, 0.3) is 0 Å². The van der Waals surface area contributed by atoms with Gasteiger partial charge in [-0.2, -0.15) is 0 Å². The molecule has 5 nitrogen and oxygen atoms in total. The number of nitrogens with zero attached hydrogens (tertiary/aromatic N) is 1. The van der Waals surface area contributed by atoms with Gasteiger partial charge in [0.15, 0.2) is 0 Å². The molecule has 1 atom stereocenters. The summed E-state index contributed by atoms with van der Waals surface area (Å²) in [7, 11) is 0. The van der Waals surface area contributed by atoms with Gasteiger partial charge in [-0.05, 0) is 56.4 Å². The lowest BCUT2D eigenvalue weighted by atomic mass is 9.97. The smallest absolute Gasteiger partial charge is 0.254 e. The topological polar surface area (TPSA) is 83.6 Å². The van der Waals surface area contributed by atoms with Crippen molar-refractivity contribution < 1.29 is 14.7 Å². The summed E-state index contributed by atoms with van der Waals surface area (Å²) in [5, 5.41) is 9.15. The fourth-order valence-corrected chi connectivity index (χ4v) is 2.93. The van der Waals surface area contributed by atoms with E-state index in [0.717, 1.165) is 24.8 Å². The molecule has 21 heavy (non-hydrogen) atoms. The van der Waals surface area contributed by atoms with Crippen LogP contribution in [0.4, 0.5) is 0 Å². The number of carbonyl (C=O) groups is 2. The lowest BCUT2D eigenvalue weighted by Crippen LogP contribution is -2.44. The van der Waals surface area contributed by atoms with Gasteiger partial charge in [0.1, 0.15) is 0 Å². The van der Waals surface area contributed by atoms with Crippen LogP contribution in [0, 0.1) is 6.92 Å². The Bertz CT molecular complexity index is 540. The van der Waals surface area contributed by atoms with Crippen LogP contribution in [-0.2, 0) is 0 Å². The van der Waals surface area contributed by atoms with E-state index in [-0.39, 0.29) is 18.6 Å². The monoisotopic (exact) mass is 290 g/mol. The molecule has 0 aromatic heterocycles. The molecule has 1 aliphatic rings. The summed E-state index contributed by atoms with van der Waals surface area (Å²) in [6.45, 7) is 2.61. The van der Waals surface area contributed by atoms with Gasteiger partial charge < -0.3 is 15.7 Å². The first-order valence-corrected chi connectivity index (χ1v) is 7.36. The third-order valence-corrected chi connectivity index (χ3v) is 3.96. The number of nitrogens with two attached hydrogens (primary N) is 1. The number of carbonyl (C=O) groups excluding carboxylic acids is 2. The van der Waals surface area contributed by atoms with Gasteiger partial charge in [-0.3, -0.25) is 9.59 Å². The van der Waals surface area contributed by atoms with Gasteiger partial charge >= 0.3 is 0 Å². The van der Waals surface area contributed by atoms with Crippen molar-refractivity contribution >= 4 is 11.8 Å². The van der Waals surface area contributed by atoms with Crippen molar-refractivity contribution in [3.63, 3.8) is 0 Å². The molecule has 5 heteroatoms. The lowest BCUT2D eigenvalue weighted by Gasteiger charge is -2.35. The zero-order chi connectivity index (χ0) is 15.4. The fraction of sp³-hybridized carbons (Fsp3) is 0.500. The highest BCUT2D eigenvalue weighted by Crippen LogP contribution is 2.22. The first-order chi connectivity index (χ1) is 10.0. The van der Waals surface area contributed by atoms with Crippen molar-refractivity contribution in [2.45, 2.75) is 38.6 Å². The molecule has 0 saturated carbocycles. The van der Waals surface area contributed by atoms with Gasteiger partial charge in [0, 0.05) is 30.3 Å². The minimum atomic E-state index is -0.529. The Labute approximate surface area is 124 Å². The second-order valence-corrected chi connectivity index (χ2v) is 5.61. The summed E-state index contributed by atoms with van der Waals surface area (Å²) < 4.78 is 0. The highest BCUT2D eigenvalue weighted by Gasteiger charge is 2.27. The molecule has 1 heterocycles. The summed E-state index contributed by atoms with van der Waals surface area (Å²) in [5.74, 6) is -0.613. The van der Waals surface area contributed by atoms with Crippen LogP contribution in [0.5, 0.6) is 0 Å². The number of aliphatic hydroxyl groups is 1. The van der Waals surface area contributed by atoms with E-state index in [1.165, 1.54) is 0 Å². The highest BCUT2D eigenvalue weighted by atomic mass is 16.3. The van der Waals surface area contributed by atoms with E-state index in [1.807, 2.05) is 11.8 Å². The Balaban J connectivity index is 2.27. The van der Waals surface area contributed by atoms with Crippen molar-refractivity contribution in [1.29, 1.82) is 0 Å². The molecular weight excluding hydrogens is 268 g/mol. The van der Waals surface area contributed by atoms with Crippen molar-refractivity contribution in [1.82, 2.24) is 4.90 Å². The molecule has 0 radical (unpaired) electrons. The Kier molecular flexibility index (Phi) is 4.96. The van der Waals surface area contributed by atoms with Crippen molar-refractivity contribution in [2.75, 3.05) is 13.2 Å². The van der Waals surface area contributed by atoms with Crippen LogP contribution < -0.4 is 5.73 Å². The molecule has 0 aliphatic carbocycles. The molecule has 114 valence electrons. The van der Waals surface area contributed by atoms with E-state index in [4.69, 9.17) is 10.8 Å². The minimum Gasteiger partial charge on any atom is -0.396 e. The number of rotatable bonds is 4. The molecule has 2 rings (SSSR count). The number of hydrogen-bond acceptors (Lipinski definition) is 3. The zero-order valence-electron chi connectivity index (χ0n) is 12.3. The first kappa shape index (κ1) is 15.5. The van der Waals surface area contributed by atoms with Crippen LogP contribution >= 0.6 is 0 Å². The zero-order valence-corrected chi connectivity index (χ0v) is 12.3. The molecule has 1 aromatic carbocycles. The number of likely N-dealkylation sites (tertiary alicyclic amines) is 1. The molecule has 1 aromatic rings. The Morgan fingerprint density at radius 1 is 1.29 bits per heavy atom. The highest BCUT2D eigenvalue weighted by molar-refractivity contribution is 5.99. The summed E-state index contributed by atoms with van der Waals surface area (Å²) in [6.07, 6.45) is 3.57. The van der Waals surface area contributed by atoms with Crippen LogP contribution in [-0.4, -0.2) is 41.0 Å². The molecule has 1 aliphatic heterocycles. The second-order valence-electron chi connectivity index (χ2n) is 5.61. The normalized spacial score (nSPS) is 18.6. The van der Waals surface area contributed by atoms with Gasteiger partial charge in [0.25, 0.3) is 5.91 Å². The predicted octanol–water partition coefficient (Wildman–Crippen LogP) is 1.47. The SMILES string of the molecule is Cc1cc(C(N)=O)cc(C(=O)N2CCCCC2CCO)c1. The molecule has 0 spiro atoms. The van der Waals surface area contributed by atoms with E-state index in [1.54, 1.807) is 18.2 Å². The summed E-state index contributed by atoms with van der Waals surface area (Å²) in [6, 6.07) is 5.09. The van der Waals surface area contributed by atoms with Gasteiger partial charge in [-0.15, -0.1) is 0 Å². The van der Waals surface area contributed by atoms with Crippen molar-refractivity contribution in [3.8, 4) is 0 Å². The largest absolute Gasteiger partial charge is 0.396 e. The Morgan fingerprint density at radius 3 is 2.67 bits per heavy atom. The van der Waals surface area contributed by atoms with Crippen LogP contribution in [0.3, 0.4) is 0 Å². The molecule has 3 N–H and O–H groups in total. The maximum Gasteiger partial charge on any atom is 0.254 e. The number of hydrogen-bond donors (Lipinski definition) is 2. The van der Waals surface area contributed by atoms with Gasteiger partial charge in [-0.25, -0.2) is 0 Å². The molecular formula is C16H22N2O3. The van der Waals surface area contributed by atoms with E-state index < -0.39 is 5.91 Å². The summed E-state index contributed by atoms with van der Waals surface area (Å²) in [4.78, 5) is 25.9. The molecule has 1 fully saturated rings. The number of primary amides is 1. The van der Waals surface area contributed by atoms with Crippen LogP contribution in [0.1, 0.15) is 52.0 Å². The predicted molar refractivity (Wildman–Crippen MR) is 80.1 cm³/mol. The Morgan fingerprint density at radius 2 is 2.00 bits per heavy atom. The number of piperidine rings is 1. The Hall–Kier alpha value is -1.88. The van der Waals surface area contributed by atoms with E-state index >= 15 is 0 Å². The van der Waals surface area contributed by atoms with E-state index in [0.29, 0.717) is 24.1 Å². The standard InChI is InChI=1S/C16H22N2O3/c1-11-8-12(15(17)20)10-13(9-11)16(21)18-6-3-2-4-14(18)5-7-19/h8-10,14,19H,2-7H2,1H3,(H2,17,20). The third kappa shape index (κ3) is 3.61. The quantitative estimate of drug-likeness (QED) is 0.880. The summed E-state index contributed by atoms with van der Waals surface area (Å²) in [5.41, 5.74) is 7.00. The second kappa shape index (κ2) is 6.72. The van der Waals surface area contributed by atoms with E-state index in [9.17, 15) is 9.59 Å². The third-order valence-electron chi connectivity index (χ3n) is 3.96. The van der Waals surface area contributed by atoms with Crippen molar-refractivity contribution in [3.05, 3.63) is 34.9 Å². The van der Waals surface area contributed by atoms with Gasteiger partial charge in [-0.1, -0.05) is 0 Å². The molecule has 1 unspecified atom stereocenters. The van der Waals surface area contributed by atoms with Crippen LogP contribution in [0.2, 0.25) is 0 Å². The van der Waals surface area contributed by atoms with Crippen LogP contribution in [0.15, 0.2) is 18.2 Å².